The van der Waals surface area contributed by atoms with Crippen molar-refractivity contribution in [3.05, 3.63) is 17.7 Å². The number of benzene rings is 1. The highest BCUT2D eigenvalue weighted by molar-refractivity contribution is 5.91. The van der Waals surface area contributed by atoms with Gasteiger partial charge in [0.2, 0.25) is 0 Å². The molecule has 4 atom stereocenters. The molecule has 122 valence electrons. The van der Waals surface area contributed by atoms with Gasteiger partial charge in [0.15, 0.2) is 23.4 Å². The molecular formula is C13H16O9. The summed E-state index contributed by atoms with van der Waals surface area (Å²) in [5, 5.41) is 56.3. The molecule has 1 aliphatic rings. The van der Waals surface area contributed by atoms with E-state index in [1.165, 1.54) is 0 Å². The molecule has 1 heterocycles. The predicted octanol–water partition coefficient (Wildman–Crippen LogP) is -1.56. The summed E-state index contributed by atoms with van der Waals surface area (Å²) < 4.78 is 9.99. The Kier molecular flexibility index (Phi) is 4.71. The highest BCUT2D eigenvalue weighted by atomic mass is 16.6. The SMILES string of the molecule is O=C(O[C@@H]1CO[C@@H](CO)[C@H](O)[C@H]1O)c1cc(O)c(O)c(O)c1. The molecule has 1 saturated heterocycles. The van der Waals surface area contributed by atoms with Crippen molar-refractivity contribution in [2.24, 2.45) is 0 Å². The first kappa shape index (κ1) is 16.3. The van der Waals surface area contributed by atoms with Crippen LogP contribution in [-0.4, -0.2) is 74.2 Å². The summed E-state index contributed by atoms with van der Waals surface area (Å²) in [5.41, 5.74) is -0.265. The van der Waals surface area contributed by atoms with E-state index < -0.39 is 54.2 Å². The molecule has 6 N–H and O–H groups in total. The maximum atomic E-state index is 11.9. The largest absolute Gasteiger partial charge is 0.504 e. The number of esters is 1. The van der Waals surface area contributed by atoms with Crippen LogP contribution in [0.4, 0.5) is 0 Å². The zero-order chi connectivity index (χ0) is 16.4. The van der Waals surface area contributed by atoms with E-state index in [9.17, 15) is 30.3 Å². The van der Waals surface area contributed by atoms with E-state index in [1.54, 1.807) is 0 Å². The zero-order valence-corrected chi connectivity index (χ0v) is 11.3. The predicted molar refractivity (Wildman–Crippen MR) is 69.5 cm³/mol. The van der Waals surface area contributed by atoms with Gasteiger partial charge in [-0.15, -0.1) is 0 Å². The van der Waals surface area contributed by atoms with Crippen LogP contribution in [0.25, 0.3) is 0 Å². The van der Waals surface area contributed by atoms with Crippen molar-refractivity contribution in [1.82, 2.24) is 0 Å². The highest BCUT2D eigenvalue weighted by Gasteiger charge is 2.40. The Hall–Kier alpha value is -2.07. The fraction of sp³-hybridized carbons (Fsp3) is 0.462. The van der Waals surface area contributed by atoms with Crippen molar-refractivity contribution in [3.8, 4) is 17.2 Å². The lowest BCUT2D eigenvalue weighted by atomic mass is 10.0. The van der Waals surface area contributed by atoms with E-state index in [0.29, 0.717) is 0 Å². The average molecular weight is 316 g/mol. The van der Waals surface area contributed by atoms with E-state index >= 15 is 0 Å². The molecule has 0 unspecified atom stereocenters. The summed E-state index contributed by atoms with van der Waals surface area (Å²) in [6.07, 6.45) is -5.07. The Morgan fingerprint density at radius 3 is 2.32 bits per heavy atom. The molecule has 0 amide bonds. The van der Waals surface area contributed by atoms with Crippen molar-refractivity contribution in [1.29, 1.82) is 0 Å². The van der Waals surface area contributed by atoms with Gasteiger partial charge < -0.3 is 40.1 Å². The summed E-state index contributed by atoms with van der Waals surface area (Å²) in [4.78, 5) is 11.9. The quantitative estimate of drug-likeness (QED) is 0.286. The fourth-order valence-electron chi connectivity index (χ4n) is 2.05. The molecule has 0 aromatic heterocycles. The average Bonchev–Trinajstić information content (AvgIpc) is 2.49. The second kappa shape index (κ2) is 6.36. The smallest absolute Gasteiger partial charge is 0.338 e. The zero-order valence-electron chi connectivity index (χ0n) is 11.3. The van der Waals surface area contributed by atoms with Gasteiger partial charge in [0.1, 0.15) is 18.3 Å². The molecular weight excluding hydrogens is 300 g/mol. The van der Waals surface area contributed by atoms with Crippen LogP contribution in [0.15, 0.2) is 12.1 Å². The van der Waals surface area contributed by atoms with Gasteiger partial charge in [-0.05, 0) is 12.1 Å². The van der Waals surface area contributed by atoms with Crippen LogP contribution < -0.4 is 0 Å². The fourth-order valence-corrected chi connectivity index (χ4v) is 2.05. The number of phenols is 3. The lowest BCUT2D eigenvalue weighted by molar-refractivity contribution is -0.195. The van der Waals surface area contributed by atoms with Gasteiger partial charge in [-0.1, -0.05) is 0 Å². The summed E-state index contributed by atoms with van der Waals surface area (Å²) in [5.74, 6) is -3.22. The number of aromatic hydroxyl groups is 3. The van der Waals surface area contributed by atoms with Gasteiger partial charge in [-0.2, -0.15) is 0 Å². The molecule has 22 heavy (non-hydrogen) atoms. The Balaban J connectivity index is 2.09. The van der Waals surface area contributed by atoms with E-state index in [1.807, 2.05) is 0 Å². The van der Waals surface area contributed by atoms with Crippen molar-refractivity contribution in [3.63, 3.8) is 0 Å². The standard InChI is InChI=1S/C13H16O9/c14-3-8-11(18)12(19)9(4-21-8)22-13(20)5-1-6(15)10(17)7(16)2-5/h1-2,8-9,11-12,14-19H,3-4H2/t8-,9+,11-,12-/m0/s1. The molecule has 0 spiro atoms. The maximum absolute atomic E-state index is 11.9. The molecule has 0 saturated carbocycles. The number of ether oxygens (including phenoxy) is 2. The number of rotatable bonds is 3. The number of phenolic OH excluding ortho intramolecular Hbond substituents is 3. The van der Waals surface area contributed by atoms with Crippen molar-refractivity contribution < 1.29 is 44.9 Å². The van der Waals surface area contributed by atoms with Crippen LogP contribution in [0.1, 0.15) is 10.4 Å². The maximum Gasteiger partial charge on any atom is 0.338 e. The summed E-state index contributed by atoms with van der Waals surface area (Å²) >= 11 is 0. The molecule has 2 rings (SSSR count). The minimum absolute atomic E-state index is 0.245. The topological polar surface area (TPSA) is 157 Å². The third kappa shape index (κ3) is 3.07. The monoisotopic (exact) mass is 316 g/mol. The first-order valence-corrected chi connectivity index (χ1v) is 6.39. The third-order valence-corrected chi connectivity index (χ3v) is 3.33. The van der Waals surface area contributed by atoms with Gasteiger partial charge in [-0.3, -0.25) is 0 Å². The Labute approximate surface area is 124 Å². The molecule has 1 aromatic carbocycles. The van der Waals surface area contributed by atoms with Crippen molar-refractivity contribution >= 4 is 5.97 Å². The van der Waals surface area contributed by atoms with Gasteiger partial charge in [0.05, 0.1) is 18.8 Å². The van der Waals surface area contributed by atoms with E-state index in [-0.39, 0.29) is 12.2 Å². The van der Waals surface area contributed by atoms with Gasteiger partial charge in [0, 0.05) is 0 Å². The molecule has 9 heteroatoms. The Bertz CT molecular complexity index is 535. The van der Waals surface area contributed by atoms with Crippen molar-refractivity contribution in [2.45, 2.75) is 24.4 Å². The molecule has 0 bridgehead atoms. The van der Waals surface area contributed by atoms with Gasteiger partial charge >= 0.3 is 5.97 Å². The third-order valence-electron chi connectivity index (χ3n) is 3.33. The normalized spacial score (nSPS) is 28.3. The summed E-state index contributed by atoms with van der Waals surface area (Å²) in [6.45, 7) is -0.746. The van der Waals surface area contributed by atoms with E-state index in [4.69, 9.17) is 14.6 Å². The first-order valence-electron chi connectivity index (χ1n) is 6.39. The molecule has 1 aliphatic heterocycles. The molecule has 1 aromatic rings. The van der Waals surface area contributed by atoms with Gasteiger partial charge in [0.25, 0.3) is 0 Å². The minimum Gasteiger partial charge on any atom is -0.504 e. The second-order valence-electron chi connectivity index (χ2n) is 4.84. The Morgan fingerprint density at radius 1 is 1.18 bits per heavy atom. The Morgan fingerprint density at radius 2 is 1.77 bits per heavy atom. The summed E-state index contributed by atoms with van der Waals surface area (Å²) in [7, 11) is 0. The van der Waals surface area contributed by atoms with Crippen LogP contribution in [0.3, 0.4) is 0 Å². The van der Waals surface area contributed by atoms with Crippen molar-refractivity contribution in [2.75, 3.05) is 13.2 Å². The number of aliphatic hydroxyl groups excluding tert-OH is 3. The lowest BCUT2D eigenvalue weighted by Crippen LogP contribution is -2.55. The van der Waals surface area contributed by atoms with Crippen LogP contribution in [0.2, 0.25) is 0 Å². The highest BCUT2D eigenvalue weighted by Crippen LogP contribution is 2.35. The van der Waals surface area contributed by atoms with Crippen LogP contribution in [0.5, 0.6) is 17.2 Å². The molecule has 9 nitrogen and oxygen atoms in total. The number of hydrogen-bond acceptors (Lipinski definition) is 9. The number of carbonyl (C=O) groups is 1. The van der Waals surface area contributed by atoms with Crippen LogP contribution in [0, 0.1) is 0 Å². The number of hydrogen-bond donors (Lipinski definition) is 6. The number of aliphatic hydroxyl groups is 3. The molecule has 0 aliphatic carbocycles. The van der Waals surface area contributed by atoms with E-state index in [2.05, 4.69) is 0 Å². The van der Waals surface area contributed by atoms with E-state index in [0.717, 1.165) is 12.1 Å². The summed E-state index contributed by atoms with van der Waals surface area (Å²) in [6, 6.07) is 1.75. The number of carbonyl (C=O) groups excluding carboxylic acids is 1. The lowest BCUT2D eigenvalue weighted by Gasteiger charge is -2.36. The van der Waals surface area contributed by atoms with Gasteiger partial charge in [-0.25, -0.2) is 4.79 Å². The first-order chi connectivity index (χ1) is 10.3. The van der Waals surface area contributed by atoms with Crippen LogP contribution in [-0.2, 0) is 9.47 Å². The van der Waals surface area contributed by atoms with Crippen LogP contribution >= 0.6 is 0 Å². The minimum atomic E-state index is -1.46. The second-order valence-corrected chi connectivity index (χ2v) is 4.84. The molecule has 1 fully saturated rings. The molecule has 0 radical (unpaired) electrons.